The quantitative estimate of drug-likeness (QED) is 0.708. The number of nitrogens with one attached hydrogen (secondary N) is 2. The minimum Gasteiger partial charge on any atom is -0.308 e. The van der Waals surface area contributed by atoms with E-state index >= 15 is 0 Å². The van der Waals surface area contributed by atoms with Crippen LogP contribution in [0.4, 0.5) is 29.3 Å². The van der Waals surface area contributed by atoms with Crippen LogP contribution in [0.25, 0.3) is 0 Å². The average molecular weight is 405 g/mol. The maximum atomic E-state index is 13.0. The molecule has 0 saturated heterocycles. The van der Waals surface area contributed by atoms with Crippen LogP contribution in [-0.4, -0.2) is 28.3 Å². The molecule has 2 N–H and O–H groups in total. The molecule has 6 nitrogen and oxygen atoms in total. The molecule has 3 rings (SSSR count). The molecule has 29 heavy (non-hydrogen) atoms. The summed E-state index contributed by atoms with van der Waals surface area (Å²) in [5, 5.41) is 4.54. The average Bonchev–Trinajstić information content (AvgIpc) is 2.84. The molecular formula is C20H18F3N3O3. The van der Waals surface area contributed by atoms with Gasteiger partial charge in [0.1, 0.15) is 0 Å². The first-order chi connectivity index (χ1) is 13.4. The number of para-hydroxylation sites is 1. The summed E-state index contributed by atoms with van der Waals surface area (Å²) in [5.41, 5.74) is -1.60. The number of halogens is 3. The summed E-state index contributed by atoms with van der Waals surface area (Å²) in [6.07, 6.45) is -4.62. The van der Waals surface area contributed by atoms with Gasteiger partial charge in [-0.2, -0.15) is 13.2 Å². The molecule has 0 aromatic heterocycles. The molecule has 152 valence electrons. The number of alkyl halides is 3. The van der Waals surface area contributed by atoms with Gasteiger partial charge in [-0.05, 0) is 51.1 Å². The Morgan fingerprint density at radius 2 is 1.52 bits per heavy atom. The number of anilines is 2. The summed E-state index contributed by atoms with van der Waals surface area (Å²) in [6.45, 7) is 5.16. The van der Waals surface area contributed by atoms with E-state index in [0.717, 1.165) is 17.0 Å². The SMILES string of the molecule is CC(C)(C)N1C(=O)c2ccc(NC(=O)Nc3ccccc3C(F)(F)F)cc2C1=O. The van der Waals surface area contributed by atoms with Crippen molar-refractivity contribution < 1.29 is 27.6 Å². The van der Waals surface area contributed by atoms with Crippen molar-refractivity contribution in [3.63, 3.8) is 0 Å². The third kappa shape index (κ3) is 3.94. The van der Waals surface area contributed by atoms with E-state index in [9.17, 15) is 27.6 Å². The van der Waals surface area contributed by atoms with Crippen LogP contribution in [0.2, 0.25) is 0 Å². The topological polar surface area (TPSA) is 78.5 Å². The van der Waals surface area contributed by atoms with E-state index in [1.807, 2.05) is 0 Å². The highest BCUT2D eigenvalue weighted by Gasteiger charge is 2.42. The van der Waals surface area contributed by atoms with Gasteiger partial charge >= 0.3 is 12.2 Å². The molecule has 1 aliphatic rings. The van der Waals surface area contributed by atoms with Crippen LogP contribution in [0, 0.1) is 0 Å². The first-order valence-electron chi connectivity index (χ1n) is 8.67. The van der Waals surface area contributed by atoms with Gasteiger partial charge in [0.05, 0.1) is 22.4 Å². The molecule has 0 radical (unpaired) electrons. The standard InChI is InChI=1S/C20H18F3N3O3/c1-19(2,3)26-16(27)12-9-8-11(10-13(12)17(26)28)24-18(29)25-15-7-5-4-6-14(15)20(21,22)23/h4-10H,1-3H3,(H2,24,25,29). The molecule has 2 aromatic carbocycles. The van der Waals surface area contributed by atoms with E-state index < -0.39 is 40.8 Å². The van der Waals surface area contributed by atoms with E-state index in [2.05, 4.69) is 10.6 Å². The lowest BCUT2D eigenvalue weighted by Gasteiger charge is -2.29. The number of hydrogen-bond donors (Lipinski definition) is 2. The van der Waals surface area contributed by atoms with Gasteiger partial charge in [-0.1, -0.05) is 12.1 Å². The van der Waals surface area contributed by atoms with Crippen LogP contribution >= 0.6 is 0 Å². The highest BCUT2D eigenvalue weighted by Crippen LogP contribution is 2.35. The van der Waals surface area contributed by atoms with Gasteiger partial charge in [-0.25, -0.2) is 4.79 Å². The summed E-state index contributed by atoms with van der Waals surface area (Å²) in [5.74, 6) is -0.934. The molecule has 1 aliphatic heterocycles. The fourth-order valence-corrected chi connectivity index (χ4v) is 3.05. The molecule has 9 heteroatoms. The number of rotatable bonds is 2. The fourth-order valence-electron chi connectivity index (χ4n) is 3.05. The summed E-state index contributed by atoms with van der Waals surface area (Å²) >= 11 is 0. The smallest absolute Gasteiger partial charge is 0.308 e. The molecule has 0 atom stereocenters. The van der Waals surface area contributed by atoms with Gasteiger partial charge in [-0.3, -0.25) is 14.5 Å². The normalized spacial score (nSPS) is 14.1. The zero-order chi connectivity index (χ0) is 21.6. The Balaban J connectivity index is 1.81. The lowest BCUT2D eigenvalue weighted by molar-refractivity contribution is -0.136. The molecule has 0 saturated carbocycles. The molecule has 0 aliphatic carbocycles. The van der Waals surface area contributed by atoms with Crippen LogP contribution in [0.15, 0.2) is 42.5 Å². The number of urea groups is 1. The van der Waals surface area contributed by atoms with Crippen LogP contribution in [0.5, 0.6) is 0 Å². The van der Waals surface area contributed by atoms with Crippen LogP contribution < -0.4 is 10.6 Å². The van der Waals surface area contributed by atoms with Crippen molar-refractivity contribution in [2.75, 3.05) is 10.6 Å². The Bertz CT molecular complexity index is 1010. The second kappa shape index (κ2) is 6.91. The Labute approximate surface area is 164 Å². The highest BCUT2D eigenvalue weighted by molar-refractivity contribution is 6.22. The molecular weight excluding hydrogens is 387 g/mol. The molecule has 2 aromatic rings. The van der Waals surface area contributed by atoms with Gasteiger partial charge in [0.2, 0.25) is 0 Å². The molecule has 0 spiro atoms. The number of benzene rings is 2. The van der Waals surface area contributed by atoms with Crippen molar-refractivity contribution in [2.45, 2.75) is 32.5 Å². The number of carbonyl (C=O) groups is 3. The Morgan fingerprint density at radius 3 is 2.14 bits per heavy atom. The largest absolute Gasteiger partial charge is 0.418 e. The Hall–Kier alpha value is -3.36. The zero-order valence-corrected chi connectivity index (χ0v) is 15.8. The van der Waals surface area contributed by atoms with Crippen LogP contribution in [0.1, 0.15) is 47.1 Å². The first-order valence-corrected chi connectivity index (χ1v) is 8.67. The van der Waals surface area contributed by atoms with Crippen molar-refractivity contribution in [3.8, 4) is 0 Å². The predicted molar refractivity (Wildman–Crippen MR) is 101 cm³/mol. The lowest BCUT2D eigenvalue weighted by Crippen LogP contribution is -2.45. The highest BCUT2D eigenvalue weighted by atomic mass is 19.4. The van der Waals surface area contributed by atoms with Crippen molar-refractivity contribution in [1.29, 1.82) is 0 Å². The summed E-state index contributed by atoms with van der Waals surface area (Å²) < 4.78 is 39.1. The Morgan fingerprint density at radius 1 is 0.897 bits per heavy atom. The van der Waals surface area contributed by atoms with E-state index in [0.29, 0.717) is 0 Å². The monoisotopic (exact) mass is 405 g/mol. The molecule has 0 bridgehead atoms. The second-order valence-corrected chi connectivity index (χ2v) is 7.50. The van der Waals surface area contributed by atoms with Gasteiger partial charge < -0.3 is 10.6 Å². The molecule has 4 amide bonds. The number of fused-ring (bicyclic) bond motifs is 1. The third-order valence-corrected chi connectivity index (χ3v) is 4.30. The maximum Gasteiger partial charge on any atom is 0.418 e. The number of carbonyl (C=O) groups excluding carboxylic acids is 3. The molecule has 0 unspecified atom stereocenters. The van der Waals surface area contributed by atoms with Crippen molar-refractivity contribution in [1.82, 2.24) is 4.90 Å². The van der Waals surface area contributed by atoms with E-state index in [1.165, 1.54) is 30.3 Å². The van der Waals surface area contributed by atoms with Crippen molar-refractivity contribution in [2.24, 2.45) is 0 Å². The number of imide groups is 1. The van der Waals surface area contributed by atoms with Crippen molar-refractivity contribution >= 4 is 29.2 Å². The van der Waals surface area contributed by atoms with Gasteiger partial charge in [-0.15, -0.1) is 0 Å². The maximum absolute atomic E-state index is 13.0. The van der Waals surface area contributed by atoms with E-state index in [-0.39, 0.29) is 16.8 Å². The van der Waals surface area contributed by atoms with Crippen LogP contribution in [-0.2, 0) is 6.18 Å². The summed E-state index contributed by atoms with van der Waals surface area (Å²) in [7, 11) is 0. The summed E-state index contributed by atoms with van der Waals surface area (Å²) in [6, 6.07) is 7.81. The fraction of sp³-hybridized carbons (Fsp3) is 0.250. The zero-order valence-electron chi connectivity index (χ0n) is 15.8. The number of amides is 4. The molecule has 0 fully saturated rings. The van der Waals surface area contributed by atoms with Gasteiger partial charge in [0.15, 0.2) is 0 Å². The minimum absolute atomic E-state index is 0.124. The lowest BCUT2D eigenvalue weighted by atomic mass is 10.1. The van der Waals surface area contributed by atoms with Crippen molar-refractivity contribution in [3.05, 3.63) is 59.2 Å². The van der Waals surface area contributed by atoms with Gasteiger partial charge in [0, 0.05) is 11.2 Å². The van der Waals surface area contributed by atoms with E-state index in [4.69, 9.17) is 0 Å². The number of nitrogens with zero attached hydrogens (tertiary/aromatic N) is 1. The molecule has 1 heterocycles. The van der Waals surface area contributed by atoms with Crippen LogP contribution in [0.3, 0.4) is 0 Å². The predicted octanol–water partition coefficient (Wildman–Crippen LogP) is 4.74. The second-order valence-electron chi connectivity index (χ2n) is 7.50. The minimum atomic E-state index is -4.62. The first kappa shape index (κ1) is 20.4. The van der Waals surface area contributed by atoms with Gasteiger partial charge in [0.25, 0.3) is 11.8 Å². The van der Waals surface area contributed by atoms with E-state index in [1.54, 1.807) is 20.8 Å². The summed E-state index contributed by atoms with van der Waals surface area (Å²) in [4.78, 5) is 38.4. The number of hydrogen-bond acceptors (Lipinski definition) is 3. The third-order valence-electron chi connectivity index (χ3n) is 4.30. The Kier molecular flexibility index (Phi) is 4.86.